The second-order valence-electron chi connectivity index (χ2n) is 7.03. The van der Waals surface area contributed by atoms with Crippen LogP contribution in [0.5, 0.6) is 0 Å². The zero-order valence-electron chi connectivity index (χ0n) is 16.1. The average Bonchev–Trinajstić information content (AvgIpc) is 2.69. The molecule has 1 amide bonds. The van der Waals surface area contributed by atoms with Crippen LogP contribution < -0.4 is 10.9 Å². The van der Waals surface area contributed by atoms with Crippen LogP contribution in [0.25, 0.3) is 10.8 Å². The lowest BCUT2D eigenvalue weighted by molar-refractivity contribution is 0.0696. The Morgan fingerprint density at radius 2 is 1.89 bits per heavy atom. The molecule has 0 unspecified atom stereocenters. The molecule has 0 radical (unpaired) electrons. The molecular weight excluding hydrogens is 364 g/mol. The third-order valence-corrected chi connectivity index (χ3v) is 5.22. The van der Waals surface area contributed by atoms with E-state index in [-0.39, 0.29) is 29.9 Å². The molecule has 0 atom stereocenters. The molecule has 1 aliphatic heterocycles. The number of piperidine rings is 1. The third-order valence-electron chi connectivity index (χ3n) is 5.22. The van der Waals surface area contributed by atoms with Gasteiger partial charge in [0.1, 0.15) is 0 Å². The molecule has 7 heteroatoms. The number of rotatable bonds is 6. The molecule has 1 aliphatic rings. The van der Waals surface area contributed by atoms with Crippen LogP contribution in [-0.2, 0) is 6.54 Å². The van der Waals surface area contributed by atoms with E-state index in [2.05, 4.69) is 17.3 Å². The Hall–Kier alpha value is -1.92. The zero-order valence-corrected chi connectivity index (χ0v) is 16.9. The Bertz CT molecular complexity index is 830. The Morgan fingerprint density at radius 3 is 2.56 bits per heavy atom. The van der Waals surface area contributed by atoms with Crippen molar-refractivity contribution in [2.45, 2.75) is 51.6 Å². The van der Waals surface area contributed by atoms with Crippen molar-refractivity contribution in [3.8, 4) is 0 Å². The first kappa shape index (κ1) is 21.4. The minimum Gasteiger partial charge on any atom is -0.337 e. The molecule has 6 nitrogen and oxygen atoms in total. The Balaban J connectivity index is 0.00000261. The first-order chi connectivity index (χ1) is 12.6. The fourth-order valence-electron chi connectivity index (χ4n) is 3.58. The summed E-state index contributed by atoms with van der Waals surface area (Å²) in [5.74, 6) is -0.0997. The minimum absolute atomic E-state index is 0. The summed E-state index contributed by atoms with van der Waals surface area (Å²) >= 11 is 0. The van der Waals surface area contributed by atoms with Crippen LogP contribution in [0.2, 0.25) is 0 Å². The maximum Gasteiger partial charge on any atom is 0.274 e. The van der Waals surface area contributed by atoms with Gasteiger partial charge in [-0.2, -0.15) is 5.10 Å². The largest absolute Gasteiger partial charge is 0.337 e. The van der Waals surface area contributed by atoms with Crippen LogP contribution in [0.15, 0.2) is 29.1 Å². The van der Waals surface area contributed by atoms with Crippen LogP contribution in [0.1, 0.15) is 49.5 Å². The summed E-state index contributed by atoms with van der Waals surface area (Å²) in [6.45, 7) is 4.52. The van der Waals surface area contributed by atoms with Crippen molar-refractivity contribution in [1.82, 2.24) is 20.0 Å². The maximum absolute atomic E-state index is 13.2. The number of halogens is 1. The van der Waals surface area contributed by atoms with Crippen molar-refractivity contribution < 1.29 is 4.79 Å². The minimum atomic E-state index is -0.113. The van der Waals surface area contributed by atoms with Gasteiger partial charge in [0.25, 0.3) is 11.5 Å². The molecule has 1 fully saturated rings. The van der Waals surface area contributed by atoms with E-state index in [9.17, 15) is 9.59 Å². The van der Waals surface area contributed by atoms with Gasteiger partial charge in [0.2, 0.25) is 0 Å². The number of carbonyl (C=O) groups excluding carboxylic acids is 1. The fraction of sp³-hybridized carbons (Fsp3) is 0.550. The monoisotopic (exact) mass is 392 g/mol. The quantitative estimate of drug-likeness (QED) is 0.767. The number of amides is 1. The fourth-order valence-corrected chi connectivity index (χ4v) is 3.58. The molecule has 1 aromatic heterocycles. The molecule has 0 spiro atoms. The first-order valence-electron chi connectivity index (χ1n) is 9.61. The number of unbranched alkanes of at least 4 members (excludes halogenated alkanes) is 2. The average molecular weight is 393 g/mol. The normalized spacial score (nSPS) is 14.7. The zero-order chi connectivity index (χ0) is 18.5. The number of nitrogens with zero attached hydrogens (tertiary/aromatic N) is 3. The van der Waals surface area contributed by atoms with E-state index in [1.54, 1.807) is 11.0 Å². The molecule has 1 saturated heterocycles. The summed E-state index contributed by atoms with van der Waals surface area (Å²) in [5, 5.41) is 9.03. The van der Waals surface area contributed by atoms with Crippen LogP contribution in [0.3, 0.4) is 0 Å². The van der Waals surface area contributed by atoms with Crippen molar-refractivity contribution in [3.63, 3.8) is 0 Å². The van der Waals surface area contributed by atoms with Crippen LogP contribution in [-0.4, -0.2) is 46.8 Å². The van der Waals surface area contributed by atoms with Gasteiger partial charge in [0.05, 0.1) is 5.39 Å². The topological polar surface area (TPSA) is 67.2 Å². The smallest absolute Gasteiger partial charge is 0.274 e. The number of aryl methyl sites for hydroxylation is 1. The highest BCUT2D eigenvalue weighted by molar-refractivity contribution is 6.04. The van der Waals surface area contributed by atoms with Gasteiger partial charge >= 0.3 is 0 Å². The summed E-state index contributed by atoms with van der Waals surface area (Å²) in [4.78, 5) is 27.7. The number of aromatic nitrogens is 2. The number of hydrogen-bond acceptors (Lipinski definition) is 4. The van der Waals surface area contributed by atoms with Crippen LogP contribution in [0, 0.1) is 0 Å². The summed E-state index contributed by atoms with van der Waals surface area (Å²) in [7, 11) is 1.85. The van der Waals surface area contributed by atoms with Crippen LogP contribution in [0.4, 0.5) is 0 Å². The standard InChI is InChI=1S/C20H28N4O2.ClH/c1-3-4-7-14-24-19(25)17-9-6-5-8-16(17)18(22-24)20(26)23(2)15-10-12-21-13-11-15;/h5-6,8-9,15,21H,3-4,7,10-14H2,1-2H3;1H. The highest BCUT2D eigenvalue weighted by Crippen LogP contribution is 2.18. The Kier molecular flexibility index (Phi) is 7.80. The number of benzene rings is 1. The number of nitrogens with one attached hydrogen (secondary N) is 1. The van der Waals surface area contributed by atoms with Gasteiger partial charge in [0.15, 0.2) is 5.69 Å². The number of carbonyl (C=O) groups is 1. The molecule has 3 rings (SSSR count). The molecule has 2 heterocycles. The summed E-state index contributed by atoms with van der Waals surface area (Å²) in [5.41, 5.74) is 0.274. The maximum atomic E-state index is 13.2. The molecule has 1 aromatic carbocycles. The molecule has 0 bridgehead atoms. The van der Waals surface area contributed by atoms with Gasteiger partial charge < -0.3 is 10.2 Å². The molecule has 148 valence electrons. The van der Waals surface area contributed by atoms with Crippen molar-refractivity contribution in [3.05, 3.63) is 40.3 Å². The second kappa shape index (κ2) is 9.85. The highest BCUT2D eigenvalue weighted by atomic mass is 35.5. The number of hydrogen-bond donors (Lipinski definition) is 1. The Morgan fingerprint density at radius 1 is 1.22 bits per heavy atom. The van der Waals surface area contributed by atoms with E-state index in [4.69, 9.17) is 0 Å². The summed E-state index contributed by atoms with van der Waals surface area (Å²) < 4.78 is 1.47. The highest BCUT2D eigenvalue weighted by Gasteiger charge is 2.26. The molecule has 0 aliphatic carbocycles. The van der Waals surface area contributed by atoms with Gasteiger partial charge in [-0.05, 0) is 38.4 Å². The van der Waals surface area contributed by atoms with E-state index in [0.717, 1.165) is 45.2 Å². The van der Waals surface area contributed by atoms with Crippen molar-refractivity contribution in [2.75, 3.05) is 20.1 Å². The lowest BCUT2D eigenvalue weighted by Crippen LogP contribution is -2.44. The SMILES string of the molecule is CCCCCn1nc(C(=O)N(C)C2CCNCC2)c2ccccc2c1=O.Cl. The molecule has 0 saturated carbocycles. The Labute approximate surface area is 166 Å². The molecule has 27 heavy (non-hydrogen) atoms. The summed E-state index contributed by atoms with van der Waals surface area (Å²) in [6.07, 6.45) is 4.89. The van der Waals surface area contributed by atoms with Gasteiger partial charge in [-0.3, -0.25) is 9.59 Å². The van der Waals surface area contributed by atoms with E-state index in [1.165, 1.54) is 4.68 Å². The molecule has 1 N–H and O–H groups in total. The van der Waals surface area contributed by atoms with Gasteiger partial charge in [-0.1, -0.05) is 38.0 Å². The van der Waals surface area contributed by atoms with E-state index < -0.39 is 0 Å². The van der Waals surface area contributed by atoms with Crippen molar-refractivity contribution in [1.29, 1.82) is 0 Å². The van der Waals surface area contributed by atoms with Gasteiger partial charge in [0, 0.05) is 25.0 Å². The predicted molar refractivity (Wildman–Crippen MR) is 111 cm³/mol. The number of fused-ring (bicyclic) bond motifs is 1. The lowest BCUT2D eigenvalue weighted by atomic mass is 10.0. The first-order valence-corrected chi connectivity index (χ1v) is 9.61. The third kappa shape index (κ3) is 4.68. The van der Waals surface area contributed by atoms with E-state index in [0.29, 0.717) is 23.0 Å². The van der Waals surface area contributed by atoms with Gasteiger partial charge in [-0.15, -0.1) is 12.4 Å². The van der Waals surface area contributed by atoms with E-state index >= 15 is 0 Å². The second-order valence-corrected chi connectivity index (χ2v) is 7.03. The summed E-state index contributed by atoms with van der Waals surface area (Å²) in [6, 6.07) is 7.52. The molecule has 2 aromatic rings. The lowest BCUT2D eigenvalue weighted by Gasteiger charge is -2.31. The van der Waals surface area contributed by atoms with Crippen molar-refractivity contribution in [2.24, 2.45) is 0 Å². The molecular formula is C20H29ClN4O2. The van der Waals surface area contributed by atoms with Crippen molar-refractivity contribution >= 4 is 29.1 Å². The van der Waals surface area contributed by atoms with Gasteiger partial charge in [-0.25, -0.2) is 4.68 Å². The van der Waals surface area contributed by atoms with Crippen LogP contribution >= 0.6 is 12.4 Å². The van der Waals surface area contributed by atoms with E-state index in [1.807, 2.05) is 25.2 Å². The predicted octanol–water partition coefficient (Wildman–Crippen LogP) is 2.83.